The Hall–Kier alpha value is -2.59. The van der Waals surface area contributed by atoms with Gasteiger partial charge in [0.15, 0.2) is 6.61 Å². The number of methoxy groups -OCH3 is 1. The number of carbonyl (C=O) groups is 2. The molecule has 1 fully saturated rings. The van der Waals surface area contributed by atoms with Gasteiger partial charge in [-0.1, -0.05) is 12.8 Å². The monoisotopic (exact) mass is 387 g/mol. The van der Waals surface area contributed by atoms with Gasteiger partial charge in [-0.2, -0.15) is 5.26 Å². The highest BCUT2D eigenvalue weighted by molar-refractivity contribution is 5.99. The highest BCUT2D eigenvalue weighted by atomic mass is 16.5. The molecule has 0 bridgehead atoms. The fourth-order valence-electron chi connectivity index (χ4n) is 3.78. The summed E-state index contributed by atoms with van der Waals surface area (Å²) in [5, 5.41) is 12.2. The minimum Gasteiger partial charge on any atom is -0.451 e. The third-order valence-corrected chi connectivity index (χ3v) is 5.07. The Labute approximate surface area is 166 Å². The summed E-state index contributed by atoms with van der Waals surface area (Å²) >= 11 is 0. The van der Waals surface area contributed by atoms with Crippen LogP contribution in [0.4, 0.5) is 0 Å². The summed E-state index contributed by atoms with van der Waals surface area (Å²) in [5.41, 5.74) is 2.58. The zero-order chi connectivity index (χ0) is 20.7. The van der Waals surface area contributed by atoms with Crippen LogP contribution in [0.2, 0.25) is 0 Å². The maximum absolute atomic E-state index is 12.2. The lowest BCUT2D eigenvalue weighted by Crippen LogP contribution is -2.36. The van der Waals surface area contributed by atoms with Gasteiger partial charge in [0.05, 0.1) is 12.6 Å². The number of esters is 1. The van der Waals surface area contributed by atoms with E-state index in [0.29, 0.717) is 6.61 Å². The minimum absolute atomic E-state index is 0.129. The summed E-state index contributed by atoms with van der Waals surface area (Å²) < 4.78 is 12.4. The van der Waals surface area contributed by atoms with Crippen molar-refractivity contribution in [1.82, 2.24) is 9.88 Å². The Morgan fingerprint density at radius 1 is 1.39 bits per heavy atom. The van der Waals surface area contributed by atoms with Gasteiger partial charge in [-0.05, 0) is 51.3 Å². The lowest BCUT2D eigenvalue weighted by atomic mass is 10.1. The third kappa shape index (κ3) is 5.46. The number of amides is 1. The van der Waals surface area contributed by atoms with E-state index in [9.17, 15) is 14.9 Å². The Morgan fingerprint density at radius 2 is 2.07 bits per heavy atom. The zero-order valence-corrected chi connectivity index (χ0v) is 17.1. The molecule has 1 N–H and O–H groups in total. The van der Waals surface area contributed by atoms with E-state index in [2.05, 4.69) is 9.88 Å². The van der Waals surface area contributed by atoms with Crippen molar-refractivity contribution in [1.29, 1.82) is 5.26 Å². The van der Waals surface area contributed by atoms with Gasteiger partial charge < -0.3 is 19.4 Å². The molecule has 7 nitrogen and oxygen atoms in total. The number of hydrogen-bond acceptors (Lipinski definition) is 5. The van der Waals surface area contributed by atoms with Gasteiger partial charge in [-0.25, -0.2) is 4.79 Å². The molecule has 1 amide bonds. The summed E-state index contributed by atoms with van der Waals surface area (Å²) in [6, 6.07) is 4.09. The first-order valence-corrected chi connectivity index (χ1v) is 9.63. The Bertz CT molecular complexity index is 782. The molecule has 1 aromatic rings. The van der Waals surface area contributed by atoms with Gasteiger partial charge in [0.1, 0.15) is 11.6 Å². The van der Waals surface area contributed by atoms with Crippen LogP contribution in [0.3, 0.4) is 0 Å². The summed E-state index contributed by atoms with van der Waals surface area (Å²) in [5.74, 6) is -1.12. The van der Waals surface area contributed by atoms with Gasteiger partial charge in [-0.3, -0.25) is 4.79 Å². The van der Waals surface area contributed by atoms with Crippen molar-refractivity contribution in [2.75, 3.05) is 20.3 Å². The lowest BCUT2D eigenvalue weighted by molar-refractivity contribution is -0.144. The van der Waals surface area contributed by atoms with Gasteiger partial charge in [-0.15, -0.1) is 0 Å². The maximum atomic E-state index is 12.2. The van der Waals surface area contributed by atoms with E-state index in [1.165, 1.54) is 6.08 Å². The molecule has 7 heteroatoms. The molecule has 28 heavy (non-hydrogen) atoms. The lowest BCUT2D eigenvalue weighted by Gasteiger charge is -2.17. The largest absolute Gasteiger partial charge is 0.451 e. The quantitative estimate of drug-likeness (QED) is 0.421. The molecule has 1 aliphatic rings. The smallest absolute Gasteiger partial charge is 0.349 e. The van der Waals surface area contributed by atoms with E-state index in [1.54, 1.807) is 7.11 Å². The molecule has 1 aromatic heterocycles. The van der Waals surface area contributed by atoms with Gasteiger partial charge in [0.25, 0.3) is 5.91 Å². The van der Waals surface area contributed by atoms with E-state index >= 15 is 0 Å². The maximum Gasteiger partial charge on any atom is 0.349 e. The molecule has 1 atom stereocenters. The SMILES string of the molecule is COC[C@H](C)n1c(C)cc(/C=C(\C#N)C(=O)OCC(=O)NC2CCCC2)c1C. The molecule has 0 aliphatic heterocycles. The predicted molar refractivity (Wildman–Crippen MR) is 105 cm³/mol. The van der Waals surface area contributed by atoms with E-state index in [-0.39, 0.29) is 30.2 Å². The van der Waals surface area contributed by atoms with Crippen molar-refractivity contribution in [3.63, 3.8) is 0 Å². The van der Waals surface area contributed by atoms with E-state index in [0.717, 1.165) is 42.6 Å². The van der Waals surface area contributed by atoms with Crippen LogP contribution in [-0.4, -0.2) is 42.8 Å². The van der Waals surface area contributed by atoms with Crippen LogP contribution in [0.5, 0.6) is 0 Å². The van der Waals surface area contributed by atoms with Crippen LogP contribution < -0.4 is 5.32 Å². The molecular weight excluding hydrogens is 358 g/mol. The molecule has 0 spiro atoms. The van der Waals surface area contributed by atoms with Crippen molar-refractivity contribution in [2.24, 2.45) is 0 Å². The molecule has 152 valence electrons. The summed E-state index contributed by atoms with van der Waals surface area (Å²) in [7, 11) is 1.65. The number of aryl methyl sites for hydroxylation is 1. The Morgan fingerprint density at radius 3 is 2.68 bits per heavy atom. The molecule has 1 heterocycles. The zero-order valence-electron chi connectivity index (χ0n) is 17.1. The Kier molecular flexibility index (Phi) is 7.82. The number of hydrogen-bond donors (Lipinski definition) is 1. The number of nitrogens with one attached hydrogen (secondary N) is 1. The molecule has 0 radical (unpaired) electrons. The van der Waals surface area contributed by atoms with Gasteiger partial charge in [0, 0.05) is 24.5 Å². The summed E-state index contributed by atoms with van der Waals surface area (Å²) in [6.07, 6.45) is 5.64. The number of ether oxygens (including phenoxy) is 2. The molecule has 2 rings (SSSR count). The minimum atomic E-state index is -0.793. The van der Waals surface area contributed by atoms with Crippen LogP contribution in [0.1, 0.15) is 55.6 Å². The van der Waals surface area contributed by atoms with Crippen molar-refractivity contribution >= 4 is 18.0 Å². The number of aromatic nitrogens is 1. The second-order valence-corrected chi connectivity index (χ2v) is 7.30. The number of rotatable bonds is 8. The first kappa shape index (κ1) is 21.7. The number of nitrogens with zero attached hydrogens (tertiary/aromatic N) is 2. The molecular formula is C21H29N3O4. The van der Waals surface area contributed by atoms with Crippen LogP contribution in [0, 0.1) is 25.2 Å². The summed E-state index contributed by atoms with van der Waals surface area (Å²) in [4.78, 5) is 24.1. The van der Waals surface area contributed by atoms with E-state index < -0.39 is 5.97 Å². The normalized spacial score (nSPS) is 15.9. The average Bonchev–Trinajstić information content (AvgIpc) is 3.25. The average molecular weight is 387 g/mol. The van der Waals surface area contributed by atoms with Crippen LogP contribution in [-0.2, 0) is 19.1 Å². The fraction of sp³-hybridized carbons (Fsp3) is 0.571. The Balaban J connectivity index is 2.04. The first-order valence-electron chi connectivity index (χ1n) is 9.63. The predicted octanol–water partition coefficient (Wildman–Crippen LogP) is 2.82. The van der Waals surface area contributed by atoms with Crippen molar-refractivity contribution in [3.05, 3.63) is 28.6 Å². The number of nitriles is 1. The van der Waals surface area contributed by atoms with Crippen LogP contribution in [0.15, 0.2) is 11.6 Å². The molecule has 0 unspecified atom stereocenters. The van der Waals surface area contributed by atoms with Gasteiger partial charge in [0.2, 0.25) is 0 Å². The third-order valence-electron chi connectivity index (χ3n) is 5.07. The molecule has 1 aliphatic carbocycles. The topological polar surface area (TPSA) is 93.3 Å². The fourth-order valence-corrected chi connectivity index (χ4v) is 3.78. The van der Waals surface area contributed by atoms with E-state index in [1.807, 2.05) is 32.9 Å². The van der Waals surface area contributed by atoms with E-state index in [4.69, 9.17) is 9.47 Å². The molecule has 1 saturated carbocycles. The number of carbonyl (C=O) groups excluding carboxylic acids is 2. The second-order valence-electron chi connectivity index (χ2n) is 7.30. The highest BCUT2D eigenvalue weighted by Gasteiger charge is 2.20. The van der Waals surface area contributed by atoms with Crippen molar-refractivity contribution < 1.29 is 19.1 Å². The van der Waals surface area contributed by atoms with Crippen molar-refractivity contribution in [3.8, 4) is 6.07 Å². The first-order chi connectivity index (χ1) is 13.4. The van der Waals surface area contributed by atoms with Gasteiger partial charge >= 0.3 is 5.97 Å². The summed E-state index contributed by atoms with van der Waals surface area (Å²) in [6.45, 7) is 6.12. The van der Waals surface area contributed by atoms with Crippen LogP contribution in [0.25, 0.3) is 6.08 Å². The highest BCUT2D eigenvalue weighted by Crippen LogP contribution is 2.23. The van der Waals surface area contributed by atoms with Crippen molar-refractivity contribution in [2.45, 2.75) is 58.5 Å². The second kappa shape index (κ2) is 10.1. The standard InChI is InChI=1S/C21H29N3O4/c1-14-9-17(16(3)24(14)15(2)12-27-4)10-18(11-22)21(26)28-13-20(25)23-19-7-5-6-8-19/h9-10,15,19H,5-8,12-13H2,1-4H3,(H,23,25)/b18-10+/t15-/m0/s1. The molecule has 0 saturated heterocycles. The van der Waals surface area contributed by atoms with Crippen LogP contribution >= 0.6 is 0 Å². The molecule has 0 aromatic carbocycles.